The molecule has 0 unspecified atom stereocenters. The van der Waals surface area contributed by atoms with Gasteiger partial charge in [-0.2, -0.15) is 0 Å². The average molecular weight is 988 g/mol. The Morgan fingerprint density at radius 3 is 0.987 bits per heavy atom. The number of benzene rings is 11. The third-order valence-corrected chi connectivity index (χ3v) is 15.4. The molecule has 11 aromatic carbocycles. The lowest BCUT2D eigenvalue weighted by molar-refractivity contribution is 0.622. The highest BCUT2D eigenvalue weighted by molar-refractivity contribution is 6.40. The van der Waals surface area contributed by atoms with E-state index in [0.29, 0.717) is 17.3 Å². The zero-order valence-corrected chi connectivity index (χ0v) is 41.3. The first-order valence-electron chi connectivity index (χ1n) is 25.9. The minimum absolute atomic E-state index is 0.220. The molecule has 0 amide bonds. The molecule has 77 heavy (non-hydrogen) atoms. The topological polar surface area (TPSA) is 58.4 Å². The van der Waals surface area contributed by atoms with Crippen LogP contribution in [0.4, 0.5) is 4.39 Å². The van der Waals surface area contributed by atoms with Crippen LogP contribution in [0.1, 0.15) is 0 Å². The fourth-order valence-electron chi connectivity index (χ4n) is 12.3. The number of fused-ring (bicyclic) bond motifs is 15. The van der Waals surface area contributed by atoms with Crippen molar-refractivity contribution in [3.63, 3.8) is 0 Å². The summed E-state index contributed by atoms with van der Waals surface area (Å²) in [7, 11) is 0. The second-order valence-corrected chi connectivity index (χ2v) is 19.6. The molecule has 0 bridgehead atoms. The maximum absolute atomic E-state index is 19.0. The van der Waals surface area contributed by atoms with Crippen LogP contribution >= 0.6 is 0 Å². The van der Waals surface area contributed by atoms with Crippen LogP contribution in [0, 0.1) is 5.82 Å². The minimum Gasteiger partial charge on any atom is -0.308 e. The molecule has 0 saturated heterocycles. The van der Waals surface area contributed by atoms with Crippen LogP contribution in [-0.2, 0) is 0 Å². The van der Waals surface area contributed by atoms with Crippen molar-refractivity contribution in [3.05, 3.63) is 261 Å². The summed E-state index contributed by atoms with van der Waals surface area (Å²) in [6.45, 7) is 0. The lowest BCUT2D eigenvalue weighted by Gasteiger charge is -2.18. The number of para-hydroxylation sites is 7. The summed E-state index contributed by atoms with van der Waals surface area (Å²) in [5, 5.41) is 8.67. The summed E-state index contributed by atoms with van der Waals surface area (Å²) in [5.41, 5.74) is 13.1. The predicted molar refractivity (Wildman–Crippen MR) is 313 cm³/mol. The summed E-state index contributed by atoms with van der Waals surface area (Å²) >= 11 is 0. The van der Waals surface area contributed by atoms with Crippen LogP contribution in [0.15, 0.2) is 255 Å². The van der Waals surface area contributed by atoms with Crippen LogP contribution in [0.25, 0.3) is 144 Å². The van der Waals surface area contributed by atoms with E-state index in [1.807, 2.05) is 97.1 Å². The van der Waals surface area contributed by atoms with Gasteiger partial charge in [0, 0.05) is 71.3 Å². The molecule has 16 rings (SSSR count). The van der Waals surface area contributed by atoms with E-state index in [1.165, 1.54) is 0 Å². The standard InChI is InChI=1S/C69H42FN7/c70-63-53(69-72-67(43-23-5-1-6-24-43)71-68(73-69)44-25-7-2-8-26-44)41-47(42-59(63)77-54-36-18-13-31-48(54)49-32-14-19-37-55(49)77)76-58-40-22-17-35-52(58)62-65-60(50-33-15-20-38-56(50)74(65)45-27-9-3-10-28-45)64-61(66(62)76)51-34-16-21-39-57(51)75(64)46-29-11-4-12-30-46/h1-42H. The van der Waals surface area contributed by atoms with Gasteiger partial charge in [0.2, 0.25) is 0 Å². The van der Waals surface area contributed by atoms with E-state index < -0.39 is 5.82 Å². The molecule has 0 N–H and O–H groups in total. The van der Waals surface area contributed by atoms with Gasteiger partial charge in [-0.3, -0.25) is 0 Å². The van der Waals surface area contributed by atoms with Gasteiger partial charge in [-0.1, -0.05) is 188 Å². The van der Waals surface area contributed by atoms with Crippen molar-refractivity contribution in [1.82, 2.24) is 33.2 Å². The molecule has 7 nitrogen and oxygen atoms in total. The summed E-state index contributed by atoms with van der Waals surface area (Å²) in [5.74, 6) is 0.655. The number of hydrogen-bond acceptors (Lipinski definition) is 3. The Balaban J connectivity index is 1.14. The van der Waals surface area contributed by atoms with Crippen molar-refractivity contribution in [2.24, 2.45) is 0 Å². The van der Waals surface area contributed by atoms with Crippen molar-refractivity contribution >= 4 is 87.2 Å². The lowest BCUT2D eigenvalue weighted by atomic mass is 10.0. The van der Waals surface area contributed by atoms with E-state index in [2.05, 4.69) is 176 Å². The Hall–Kier alpha value is -10.4. The fraction of sp³-hybridized carbons (Fsp3) is 0. The van der Waals surface area contributed by atoms with Gasteiger partial charge in [-0.15, -0.1) is 0 Å². The summed E-state index contributed by atoms with van der Waals surface area (Å²) in [6.07, 6.45) is 0. The Labute approximate surface area is 440 Å². The van der Waals surface area contributed by atoms with Crippen molar-refractivity contribution < 1.29 is 4.39 Å². The third-order valence-electron chi connectivity index (χ3n) is 15.4. The molecule has 360 valence electrons. The molecule has 0 aliphatic rings. The molecular formula is C69H42FN7. The number of halogens is 1. The van der Waals surface area contributed by atoms with Gasteiger partial charge in [-0.05, 0) is 66.7 Å². The number of aromatic nitrogens is 7. The first-order chi connectivity index (χ1) is 38.2. The van der Waals surface area contributed by atoms with Crippen LogP contribution in [0.5, 0.6) is 0 Å². The number of nitrogens with zero attached hydrogens (tertiary/aromatic N) is 7. The van der Waals surface area contributed by atoms with E-state index in [4.69, 9.17) is 15.0 Å². The van der Waals surface area contributed by atoms with Gasteiger partial charge in [0.1, 0.15) is 0 Å². The molecule has 0 fully saturated rings. The van der Waals surface area contributed by atoms with Gasteiger partial charge < -0.3 is 18.3 Å². The molecular weight excluding hydrogens is 946 g/mol. The molecule has 0 spiro atoms. The monoisotopic (exact) mass is 987 g/mol. The third kappa shape index (κ3) is 6.33. The summed E-state index contributed by atoms with van der Waals surface area (Å²) in [4.78, 5) is 15.5. The Morgan fingerprint density at radius 1 is 0.273 bits per heavy atom. The molecule has 0 aliphatic heterocycles. The SMILES string of the molecule is Fc1c(-c2nc(-c3ccccc3)nc(-c3ccccc3)n2)cc(-n2c3ccccc3c3c4c(c5ccccc5n4-c4ccccc4)c4c(c5ccccc5n4-c4ccccc4)c32)cc1-n1c2ccccc2c2ccccc21. The Bertz CT molecular complexity index is 4850. The maximum atomic E-state index is 19.0. The second kappa shape index (κ2) is 16.8. The van der Waals surface area contributed by atoms with Crippen molar-refractivity contribution in [2.75, 3.05) is 0 Å². The van der Waals surface area contributed by atoms with Crippen molar-refractivity contribution in [2.45, 2.75) is 0 Å². The van der Waals surface area contributed by atoms with E-state index in [1.54, 1.807) is 0 Å². The van der Waals surface area contributed by atoms with Gasteiger partial charge in [-0.25, -0.2) is 19.3 Å². The van der Waals surface area contributed by atoms with Crippen molar-refractivity contribution in [1.29, 1.82) is 0 Å². The number of rotatable bonds is 7. The smallest absolute Gasteiger partial charge is 0.167 e. The zero-order valence-electron chi connectivity index (χ0n) is 41.3. The van der Waals surface area contributed by atoms with Crippen LogP contribution in [0.3, 0.4) is 0 Å². The van der Waals surface area contributed by atoms with Crippen LogP contribution < -0.4 is 0 Å². The molecule has 0 atom stereocenters. The first kappa shape index (κ1) is 43.0. The fourth-order valence-corrected chi connectivity index (χ4v) is 12.3. The summed E-state index contributed by atoms with van der Waals surface area (Å²) < 4.78 is 28.3. The van der Waals surface area contributed by atoms with Gasteiger partial charge in [0.05, 0.1) is 55.4 Å². The molecule has 5 aromatic heterocycles. The van der Waals surface area contributed by atoms with E-state index >= 15 is 4.39 Å². The molecule has 0 saturated carbocycles. The molecule has 0 radical (unpaired) electrons. The van der Waals surface area contributed by atoms with E-state index in [-0.39, 0.29) is 11.4 Å². The highest BCUT2D eigenvalue weighted by Gasteiger charge is 2.30. The van der Waals surface area contributed by atoms with Crippen LogP contribution in [-0.4, -0.2) is 33.2 Å². The Morgan fingerprint density at radius 2 is 0.584 bits per heavy atom. The van der Waals surface area contributed by atoms with E-state index in [0.717, 1.165) is 115 Å². The largest absolute Gasteiger partial charge is 0.308 e. The minimum atomic E-state index is -0.456. The highest BCUT2D eigenvalue weighted by Crippen LogP contribution is 2.51. The highest BCUT2D eigenvalue weighted by atomic mass is 19.1. The van der Waals surface area contributed by atoms with Gasteiger partial charge >= 0.3 is 0 Å². The van der Waals surface area contributed by atoms with Gasteiger partial charge in [0.25, 0.3) is 0 Å². The van der Waals surface area contributed by atoms with Crippen molar-refractivity contribution in [3.8, 4) is 56.9 Å². The lowest BCUT2D eigenvalue weighted by Crippen LogP contribution is -2.07. The molecule has 8 heteroatoms. The predicted octanol–water partition coefficient (Wildman–Crippen LogP) is 17.4. The first-order valence-corrected chi connectivity index (χ1v) is 25.9. The van der Waals surface area contributed by atoms with Crippen LogP contribution in [0.2, 0.25) is 0 Å². The zero-order chi connectivity index (χ0) is 50.7. The quantitative estimate of drug-likeness (QED) is 0.160. The maximum Gasteiger partial charge on any atom is 0.167 e. The second-order valence-electron chi connectivity index (χ2n) is 19.6. The summed E-state index contributed by atoms with van der Waals surface area (Å²) in [6, 6.07) is 87.8. The Kier molecular flexibility index (Phi) is 9.38. The van der Waals surface area contributed by atoms with Gasteiger partial charge in [0.15, 0.2) is 23.3 Å². The van der Waals surface area contributed by atoms with E-state index in [9.17, 15) is 0 Å². The molecule has 5 heterocycles. The average Bonchev–Trinajstić information content (AvgIpc) is 4.25. The molecule has 16 aromatic rings. The number of hydrogen-bond donors (Lipinski definition) is 0. The molecule has 0 aliphatic carbocycles. The normalized spacial score (nSPS) is 12.0.